The van der Waals surface area contributed by atoms with E-state index in [0.29, 0.717) is 41.0 Å². The highest BCUT2D eigenvalue weighted by Crippen LogP contribution is 2.40. The Morgan fingerprint density at radius 3 is 2.58 bits per heavy atom. The number of aryl methyl sites for hydroxylation is 1. The number of fused-ring (bicyclic) bond motifs is 1. The van der Waals surface area contributed by atoms with Crippen LogP contribution in [0.1, 0.15) is 54.2 Å². The number of ether oxygens (including phenoxy) is 2. The molecule has 0 amide bonds. The van der Waals surface area contributed by atoms with Gasteiger partial charge in [0.05, 0.1) is 29.2 Å². The van der Waals surface area contributed by atoms with E-state index in [1.54, 1.807) is 12.3 Å². The minimum atomic E-state index is -4.84. The fourth-order valence-electron chi connectivity index (χ4n) is 5.16. The maximum atomic E-state index is 12.7. The summed E-state index contributed by atoms with van der Waals surface area (Å²) >= 11 is 6.40. The minimum absolute atomic E-state index is 0.0887. The van der Waals surface area contributed by atoms with E-state index in [4.69, 9.17) is 21.3 Å². The molecular formula is C29H27ClF3N3O4. The molecule has 2 aromatic carbocycles. The summed E-state index contributed by atoms with van der Waals surface area (Å²) in [6.07, 6.45) is -0.165. The summed E-state index contributed by atoms with van der Waals surface area (Å²) in [5.74, 6) is -1.04. The van der Waals surface area contributed by atoms with Crippen molar-refractivity contribution in [2.24, 2.45) is 5.92 Å². The zero-order chi connectivity index (χ0) is 28.4. The summed E-state index contributed by atoms with van der Waals surface area (Å²) in [6.45, 7) is 2.38. The first-order chi connectivity index (χ1) is 19.1. The highest BCUT2D eigenvalue weighted by atomic mass is 35.5. The van der Waals surface area contributed by atoms with Crippen LogP contribution in [0.4, 0.5) is 13.2 Å². The molecule has 2 heterocycles. The highest BCUT2D eigenvalue weighted by Gasteiger charge is 2.36. The summed E-state index contributed by atoms with van der Waals surface area (Å²) in [5, 5.41) is 10.0. The molecule has 7 nitrogen and oxygen atoms in total. The molecule has 5 rings (SSSR count). The lowest BCUT2D eigenvalue weighted by atomic mass is 9.78. The van der Waals surface area contributed by atoms with Crippen LogP contribution in [-0.4, -0.2) is 32.0 Å². The van der Waals surface area contributed by atoms with Gasteiger partial charge in [-0.3, -0.25) is 9.78 Å². The van der Waals surface area contributed by atoms with Crippen molar-refractivity contribution in [1.29, 1.82) is 0 Å². The normalized spacial score (nSPS) is 17.6. The van der Waals surface area contributed by atoms with Gasteiger partial charge in [0.2, 0.25) is 0 Å². The number of hydrogen-bond acceptors (Lipinski definition) is 5. The molecule has 0 unspecified atom stereocenters. The number of carboxylic acids is 1. The number of aliphatic carboxylic acids is 1. The molecule has 1 N–H and O–H groups in total. The van der Waals surface area contributed by atoms with E-state index < -0.39 is 24.0 Å². The lowest BCUT2D eigenvalue weighted by molar-refractivity contribution is -0.274. The predicted octanol–water partition coefficient (Wildman–Crippen LogP) is 7.28. The molecule has 1 aliphatic carbocycles. The van der Waals surface area contributed by atoms with Gasteiger partial charge >= 0.3 is 12.3 Å². The van der Waals surface area contributed by atoms with Crippen molar-refractivity contribution in [3.05, 3.63) is 82.4 Å². The molecule has 0 spiro atoms. The molecule has 11 heteroatoms. The number of imidazole rings is 1. The molecule has 1 aliphatic rings. The van der Waals surface area contributed by atoms with Crippen LogP contribution < -0.4 is 9.47 Å². The van der Waals surface area contributed by atoms with E-state index in [0.717, 1.165) is 30.2 Å². The molecule has 1 fully saturated rings. The average molecular weight is 574 g/mol. The minimum Gasteiger partial charge on any atom is -0.487 e. The Kier molecular flexibility index (Phi) is 7.89. The van der Waals surface area contributed by atoms with Gasteiger partial charge in [-0.1, -0.05) is 36.6 Å². The standard InChI is InChI=1S/C29H27ClF3N3O4/c1-17-6-8-19(34-14-17)16-39-20-10-11-25-26(13-20)36(27(35-25)22-4-2-3-5-23(22)28(37)38)15-18-7-9-21(12-24(18)30)40-29(31,32)33/h6-14,22-23H,2-5,15-16H2,1H3,(H,37,38)/t22-,23+/m1/s1. The number of benzene rings is 2. The van der Waals surface area contributed by atoms with E-state index in [1.165, 1.54) is 12.1 Å². The zero-order valence-corrected chi connectivity index (χ0v) is 22.4. The smallest absolute Gasteiger partial charge is 0.487 e. The number of nitrogens with zero attached hydrogens (tertiary/aromatic N) is 3. The number of pyridine rings is 1. The Balaban J connectivity index is 1.52. The quantitative estimate of drug-likeness (QED) is 0.238. The Morgan fingerprint density at radius 2 is 1.88 bits per heavy atom. The Labute approximate surface area is 233 Å². The van der Waals surface area contributed by atoms with Gasteiger partial charge in [-0.05, 0) is 61.2 Å². The zero-order valence-electron chi connectivity index (χ0n) is 21.6. The SMILES string of the molecule is Cc1ccc(COc2ccc3nc([C@@H]4CCCC[C@@H]4C(=O)O)n(Cc4ccc(OC(F)(F)F)cc4Cl)c3c2)nc1. The Morgan fingerprint density at radius 1 is 1.10 bits per heavy atom. The summed E-state index contributed by atoms with van der Waals surface area (Å²) < 4.78 is 50.0. The first kappa shape index (κ1) is 27.8. The number of carboxylic acid groups (broad SMARTS) is 1. The molecule has 0 aliphatic heterocycles. The van der Waals surface area contributed by atoms with E-state index in [9.17, 15) is 23.1 Å². The molecule has 0 bridgehead atoms. The predicted molar refractivity (Wildman–Crippen MR) is 143 cm³/mol. The van der Waals surface area contributed by atoms with Gasteiger partial charge in [-0.2, -0.15) is 0 Å². The van der Waals surface area contributed by atoms with Gasteiger partial charge in [-0.15, -0.1) is 13.2 Å². The van der Waals surface area contributed by atoms with E-state index in [2.05, 4.69) is 9.72 Å². The monoisotopic (exact) mass is 573 g/mol. The fourth-order valence-corrected chi connectivity index (χ4v) is 5.39. The Hall–Kier alpha value is -3.79. The third-order valence-electron chi connectivity index (χ3n) is 7.11. The van der Waals surface area contributed by atoms with Crippen LogP contribution in [0.15, 0.2) is 54.7 Å². The van der Waals surface area contributed by atoms with Crippen LogP contribution in [0.2, 0.25) is 5.02 Å². The van der Waals surface area contributed by atoms with Crippen LogP contribution in [0, 0.1) is 12.8 Å². The number of halogens is 4. The second-order valence-electron chi connectivity index (χ2n) is 9.96. The number of rotatable bonds is 8. The van der Waals surface area contributed by atoms with Gasteiger partial charge in [0.1, 0.15) is 23.9 Å². The van der Waals surface area contributed by atoms with Crippen molar-refractivity contribution >= 4 is 28.6 Å². The average Bonchev–Trinajstić information content (AvgIpc) is 3.26. The van der Waals surface area contributed by atoms with Gasteiger partial charge in [0, 0.05) is 23.2 Å². The summed E-state index contributed by atoms with van der Waals surface area (Å²) in [4.78, 5) is 21.3. The molecule has 210 valence electrons. The maximum Gasteiger partial charge on any atom is 0.573 e. The second kappa shape index (κ2) is 11.4. The van der Waals surface area contributed by atoms with Gasteiger partial charge in [0.15, 0.2) is 0 Å². The molecule has 40 heavy (non-hydrogen) atoms. The van der Waals surface area contributed by atoms with Crippen LogP contribution in [0.5, 0.6) is 11.5 Å². The number of hydrogen-bond donors (Lipinski definition) is 1. The molecule has 4 aromatic rings. The van der Waals surface area contributed by atoms with Gasteiger partial charge in [0.25, 0.3) is 0 Å². The van der Waals surface area contributed by atoms with Crippen LogP contribution in [-0.2, 0) is 17.9 Å². The fraction of sp³-hybridized carbons (Fsp3) is 0.345. The van der Waals surface area contributed by atoms with Crippen molar-refractivity contribution in [2.75, 3.05) is 0 Å². The Bertz CT molecular complexity index is 1520. The van der Waals surface area contributed by atoms with Crippen molar-refractivity contribution in [3.8, 4) is 11.5 Å². The van der Waals surface area contributed by atoms with Crippen molar-refractivity contribution in [2.45, 2.75) is 58.0 Å². The van der Waals surface area contributed by atoms with Crippen LogP contribution >= 0.6 is 11.6 Å². The molecule has 1 saturated carbocycles. The van der Waals surface area contributed by atoms with Crippen molar-refractivity contribution in [3.63, 3.8) is 0 Å². The second-order valence-corrected chi connectivity index (χ2v) is 10.4. The third kappa shape index (κ3) is 6.33. The van der Waals surface area contributed by atoms with Crippen molar-refractivity contribution < 1.29 is 32.5 Å². The molecular weight excluding hydrogens is 547 g/mol. The third-order valence-corrected chi connectivity index (χ3v) is 7.46. The number of aromatic nitrogens is 3. The van der Waals surface area contributed by atoms with Crippen LogP contribution in [0.3, 0.4) is 0 Å². The maximum absolute atomic E-state index is 12.7. The number of carbonyl (C=O) groups is 1. The summed E-state index contributed by atoms with van der Waals surface area (Å²) in [6, 6.07) is 13.1. The summed E-state index contributed by atoms with van der Waals surface area (Å²) in [5.41, 5.74) is 3.69. The van der Waals surface area contributed by atoms with Crippen LogP contribution in [0.25, 0.3) is 11.0 Å². The van der Waals surface area contributed by atoms with Gasteiger partial charge < -0.3 is 19.1 Å². The van der Waals surface area contributed by atoms with E-state index in [-0.39, 0.29) is 24.1 Å². The molecule has 2 aromatic heterocycles. The first-order valence-electron chi connectivity index (χ1n) is 12.9. The molecule has 0 radical (unpaired) electrons. The highest BCUT2D eigenvalue weighted by molar-refractivity contribution is 6.31. The summed E-state index contributed by atoms with van der Waals surface area (Å²) in [7, 11) is 0. The lowest BCUT2D eigenvalue weighted by Gasteiger charge is -2.28. The van der Waals surface area contributed by atoms with E-state index >= 15 is 0 Å². The molecule has 2 atom stereocenters. The first-order valence-corrected chi connectivity index (χ1v) is 13.3. The lowest BCUT2D eigenvalue weighted by Crippen LogP contribution is -2.27. The van der Waals surface area contributed by atoms with Gasteiger partial charge in [-0.25, -0.2) is 4.98 Å². The topological polar surface area (TPSA) is 86.5 Å². The van der Waals surface area contributed by atoms with Crippen molar-refractivity contribution in [1.82, 2.24) is 14.5 Å². The molecule has 0 saturated heterocycles. The number of alkyl halides is 3. The largest absolute Gasteiger partial charge is 0.573 e. The van der Waals surface area contributed by atoms with E-state index in [1.807, 2.05) is 35.8 Å².